The first-order chi connectivity index (χ1) is 6.95. The maximum atomic E-state index is 9.83. The van der Waals surface area contributed by atoms with Gasteiger partial charge in [-0.3, -0.25) is 0 Å². The van der Waals surface area contributed by atoms with Crippen molar-refractivity contribution in [3.63, 3.8) is 0 Å². The largest absolute Gasteiger partial charge is 0.392 e. The molecule has 0 fully saturated rings. The number of aliphatic hydroxyl groups excluding tert-OH is 1. The van der Waals surface area contributed by atoms with Crippen LogP contribution in [-0.4, -0.2) is 17.0 Å². The number of aryl methyl sites for hydroxylation is 1. The fourth-order valence-corrected chi connectivity index (χ4v) is 2.09. The molecule has 0 aliphatic heterocycles. The van der Waals surface area contributed by atoms with E-state index in [1.54, 1.807) is 0 Å². The van der Waals surface area contributed by atoms with Crippen molar-refractivity contribution in [1.82, 2.24) is 0 Å². The Hall–Kier alpha value is -0.470. The second-order valence-electron chi connectivity index (χ2n) is 4.85. The predicted molar refractivity (Wildman–Crippen MR) is 68.5 cm³/mol. The van der Waals surface area contributed by atoms with Gasteiger partial charge in [0.2, 0.25) is 0 Å². The Morgan fingerprint density at radius 3 is 2.27 bits per heavy atom. The summed E-state index contributed by atoms with van der Waals surface area (Å²) in [5.41, 5.74) is 2.43. The average Bonchev–Trinajstić information content (AvgIpc) is 2.20. The minimum atomic E-state index is -0.359. The third-order valence-electron chi connectivity index (χ3n) is 2.86. The van der Waals surface area contributed by atoms with Gasteiger partial charge in [0.15, 0.2) is 0 Å². The first-order valence-electron chi connectivity index (χ1n) is 5.30. The monoisotopic (exact) mass is 224 g/mol. The van der Waals surface area contributed by atoms with Crippen molar-refractivity contribution in [2.45, 2.75) is 33.3 Å². The van der Waals surface area contributed by atoms with E-state index >= 15 is 0 Å². The van der Waals surface area contributed by atoms with Gasteiger partial charge in [-0.2, -0.15) is 12.6 Å². The summed E-state index contributed by atoms with van der Waals surface area (Å²) in [6.45, 7) is 6.24. The Balaban J connectivity index is 2.72. The minimum Gasteiger partial charge on any atom is -0.392 e. The zero-order valence-corrected chi connectivity index (χ0v) is 10.6. The Bertz CT molecular complexity index is 303. The van der Waals surface area contributed by atoms with E-state index < -0.39 is 0 Å². The van der Waals surface area contributed by atoms with E-state index in [9.17, 15) is 5.11 Å². The molecule has 1 unspecified atom stereocenters. The Kier molecular flexibility index (Phi) is 4.23. The molecule has 0 radical (unpaired) electrons. The van der Waals surface area contributed by atoms with E-state index in [-0.39, 0.29) is 11.5 Å². The van der Waals surface area contributed by atoms with Crippen molar-refractivity contribution >= 4 is 12.6 Å². The number of thiol groups is 1. The summed E-state index contributed by atoms with van der Waals surface area (Å²) >= 11 is 4.14. The van der Waals surface area contributed by atoms with Crippen LogP contribution in [0.15, 0.2) is 24.3 Å². The van der Waals surface area contributed by atoms with Gasteiger partial charge in [-0.05, 0) is 24.3 Å². The Morgan fingerprint density at radius 1 is 1.27 bits per heavy atom. The van der Waals surface area contributed by atoms with Crippen LogP contribution in [0.3, 0.4) is 0 Å². The van der Waals surface area contributed by atoms with Crippen molar-refractivity contribution in [2.24, 2.45) is 5.41 Å². The summed E-state index contributed by atoms with van der Waals surface area (Å²) in [5, 5.41) is 9.83. The molecule has 0 aromatic heterocycles. The molecule has 0 saturated heterocycles. The molecule has 1 nitrogen and oxygen atoms in total. The highest BCUT2D eigenvalue weighted by molar-refractivity contribution is 7.80. The van der Waals surface area contributed by atoms with Crippen molar-refractivity contribution in [1.29, 1.82) is 0 Å². The van der Waals surface area contributed by atoms with E-state index in [0.717, 1.165) is 6.42 Å². The van der Waals surface area contributed by atoms with Gasteiger partial charge in [-0.1, -0.05) is 43.7 Å². The predicted octanol–water partition coefficient (Wildman–Crippen LogP) is 2.85. The van der Waals surface area contributed by atoms with Gasteiger partial charge in [0.1, 0.15) is 0 Å². The molecule has 1 aromatic carbocycles. The van der Waals surface area contributed by atoms with Crippen LogP contribution in [0.2, 0.25) is 0 Å². The molecule has 2 heteroatoms. The van der Waals surface area contributed by atoms with Crippen molar-refractivity contribution < 1.29 is 5.11 Å². The fourth-order valence-electron chi connectivity index (χ4n) is 1.60. The highest BCUT2D eigenvalue weighted by atomic mass is 32.1. The van der Waals surface area contributed by atoms with Gasteiger partial charge in [0, 0.05) is 5.75 Å². The zero-order chi connectivity index (χ0) is 11.5. The van der Waals surface area contributed by atoms with Crippen molar-refractivity contribution in [3.8, 4) is 0 Å². The third kappa shape index (κ3) is 3.54. The van der Waals surface area contributed by atoms with Gasteiger partial charge in [0.05, 0.1) is 6.10 Å². The fraction of sp³-hybridized carbons (Fsp3) is 0.538. The topological polar surface area (TPSA) is 20.2 Å². The molecule has 0 heterocycles. The SMILES string of the molecule is Cc1ccc(CC(C)(C)C(O)CS)cc1. The van der Waals surface area contributed by atoms with E-state index in [1.165, 1.54) is 11.1 Å². The lowest BCUT2D eigenvalue weighted by Crippen LogP contribution is -2.32. The number of benzene rings is 1. The Morgan fingerprint density at radius 2 is 1.80 bits per heavy atom. The molecule has 0 aliphatic carbocycles. The molecule has 0 spiro atoms. The molecule has 0 aliphatic rings. The number of rotatable bonds is 4. The van der Waals surface area contributed by atoms with E-state index in [2.05, 4.69) is 57.7 Å². The van der Waals surface area contributed by atoms with Crippen molar-refractivity contribution in [3.05, 3.63) is 35.4 Å². The highest BCUT2D eigenvalue weighted by Crippen LogP contribution is 2.26. The summed E-state index contributed by atoms with van der Waals surface area (Å²) in [7, 11) is 0. The van der Waals surface area contributed by atoms with Crippen LogP contribution >= 0.6 is 12.6 Å². The lowest BCUT2D eigenvalue weighted by atomic mass is 9.81. The van der Waals surface area contributed by atoms with Crippen molar-refractivity contribution in [2.75, 3.05) is 5.75 Å². The van der Waals surface area contributed by atoms with Crippen LogP contribution in [0.4, 0.5) is 0 Å². The second-order valence-corrected chi connectivity index (χ2v) is 5.21. The van der Waals surface area contributed by atoms with Gasteiger partial charge >= 0.3 is 0 Å². The highest BCUT2D eigenvalue weighted by Gasteiger charge is 2.26. The van der Waals surface area contributed by atoms with Crippen LogP contribution in [0, 0.1) is 12.3 Å². The van der Waals surface area contributed by atoms with Gasteiger partial charge < -0.3 is 5.11 Å². The second kappa shape index (κ2) is 5.04. The molecule has 1 rings (SSSR count). The summed E-state index contributed by atoms with van der Waals surface area (Å²) in [6, 6.07) is 8.47. The number of hydrogen-bond donors (Lipinski definition) is 2. The third-order valence-corrected chi connectivity index (χ3v) is 3.20. The van der Waals surface area contributed by atoms with Crippen LogP contribution in [0.1, 0.15) is 25.0 Å². The molecule has 15 heavy (non-hydrogen) atoms. The summed E-state index contributed by atoms with van der Waals surface area (Å²) in [4.78, 5) is 0. The molecular weight excluding hydrogens is 204 g/mol. The lowest BCUT2D eigenvalue weighted by molar-refractivity contribution is 0.0709. The molecule has 0 bridgehead atoms. The molecule has 1 atom stereocenters. The van der Waals surface area contributed by atoms with Gasteiger partial charge in [-0.25, -0.2) is 0 Å². The van der Waals surface area contributed by atoms with Crippen LogP contribution in [0.5, 0.6) is 0 Å². The maximum Gasteiger partial charge on any atom is 0.0682 e. The zero-order valence-electron chi connectivity index (χ0n) is 9.70. The van der Waals surface area contributed by atoms with E-state index in [1.807, 2.05) is 0 Å². The molecule has 1 N–H and O–H groups in total. The van der Waals surface area contributed by atoms with Crippen LogP contribution in [0.25, 0.3) is 0 Å². The molecule has 0 amide bonds. The van der Waals surface area contributed by atoms with E-state index in [0.29, 0.717) is 5.75 Å². The lowest BCUT2D eigenvalue weighted by Gasteiger charge is -2.29. The summed E-state index contributed by atoms with van der Waals surface area (Å²) in [5.74, 6) is 0.513. The number of aliphatic hydroxyl groups is 1. The molecule has 1 aromatic rings. The average molecular weight is 224 g/mol. The smallest absolute Gasteiger partial charge is 0.0682 e. The summed E-state index contributed by atoms with van der Waals surface area (Å²) in [6.07, 6.45) is 0.525. The maximum absolute atomic E-state index is 9.83. The number of hydrogen-bond acceptors (Lipinski definition) is 2. The quantitative estimate of drug-likeness (QED) is 0.754. The van der Waals surface area contributed by atoms with Crippen LogP contribution in [-0.2, 0) is 6.42 Å². The minimum absolute atomic E-state index is 0.114. The van der Waals surface area contributed by atoms with Gasteiger partial charge in [0.25, 0.3) is 0 Å². The van der Waals surface area contributed by atoms with Crippen LogP contribution < -0.4 is 0 Å². The summed E-state index contributed by atoms with van der Waals surface area (Å²) < 4.78 is 0. The molecule has 84 valence electrons. The standard InChI is InChI=1S/C13H20OS/c1-10-4-6-11(7-5-10)8-13(2,3)12(14)9-15/h4-7,12,14-15H,8-9H2,1-3H3. The normalized spacial score (nSPS) is 13.9. The Labute approximate surface area is 97.9 Å². The van der Waals surface area contributed by atoms with Gasteiger partial charge in [-0.15, -0.1) is 0 Å². The first kappa shape index (κ1) is 12.6. The van der Waals surface area contributed by atoms with E-state index in [4.69, 9.17) is 0 Å². The molecular formula is C13H20OS. The first-order valence-corrected chi connectivity index (χ1v) is 5.93. The molecule has 0 saturated carbocycles.